The van der Waals surface area contributed by atoms with E-state index in [0.717, 1.165) is 6.73 Å². The maximum atomic E-state index is 7.48. The van der Waals surface area contributed by atoms with Gasteiger partial charge in [-0.3, -0.25) is 0 Å². The monoisotopic (exact) mass is 225 g/mol. The van der Waals surface area contributed by atoms with Gasteiger partial charge in [0, 0.05) is 20.0 Å². The summed E-state index contributed by atoms with van der Waals surface area (Å²) in [7, 11) is 1.81. The fourth-order valence-corrected chi connectivity index (χ4v) is 2.20. The van der Waals surface area contributed by atoms with Crippen molar-refractivity contribution >= 4 is 0 Å². The Morgan fingerprint density at radius 1 is 1.25 bits per heavy atom. The Kier molecular flexibility index (Phi) is 8.24. The molecule has 0 saturated carbocycles. The van der Waals surface area contributed by atoms with Crippen LogP contribution in [-0.4, -0.2) is 38.0 Å². The van der Waals surface area contributed by atoms with Gasteiger partial charge in [0.1, 0.15) is 0 Å². The smallest absolute Gasteiger partial charge is 0.190 e. The molecule has 0 bridgehead atoms. The summed E-state index contributed by atoms with van der Waals surface area (Å²) in [5.41, 5.74) is 0. The molecule has 1 heterocycles. The minimum atomic E-state index is 0.924. The molecule has 0 aromatic rings. The summed E-state index contributed by atoms with van der Waals surface area (Å²) in [4.78, 5) is 0. The highest BCUT2D eigenvalue weighted by atomic mass is 16.5. The Hall–Kier alpha value is -1.30. The number of nitrogens with zero attached hydrogens (tertiary/aromatic N) is 3. The summed E-state index contributed by atoms with van der Waals surface area (Å²) in [6.07, 6.45) is 6.88. The number of nitrogens with one attached hydrogen (secondary N) is 1. The van der Waals surface area contributed by atoms with Crippen molar-refractivity contribution in [1.29, 1.82) is 10.5 Å². The van der Waals surface area contributed by atoms with E-state index in [0.29, 0.717) is 0 Å². The van der Waals surface area contributed by atoms with Crippen LogP contribution in [0.15, 0.2) is 0 Å². The number of hydrogen-bond acceptors (Lipinski definition) is 4. The molecule has 1 fully saturated rings. The fourth-order valence-electron chi connectivity index (χ4n) is 2.20. The third-order valence-corrected chi connectivity index (χ3v) is 2.73. The minimum Gasteiger partial charge on any atom is -0.335 e. The lowest BCUT2D eigenvalue weighted by molar-refractivity contribution is -0.934. The van der Waals surface area contributed by atoms with Crippen molar-refractivity contribution < 1.29 is 9.22 Å². The van der Waals surface area contributed by atoms with Gasteiger partial charge in [0.05, 0.1) is 19.6 Å². The number of methoxy groups -OCH3 is 1. The number of hydrogen-bond donors (Lipinski definition) is 1. The third-order valence-electron chi connectivity index (χ3n) is 2.73. The van der Waals surface area contributed by atoms with Gasteiger partial charge >= 0.3 is 0 Å². The highest BCUT2D eigenvalue weighted by molar-refractivity contribution is 4.77. The Morgan fingerprint density at radius 3 is 2.12 bits per heavy atom. The van der Waals surface area contributed by atoms with Crippen molar-refractivity contribution in [2.45, 2.75) is 26.2 Å². The highest BCUT2D eigenvalue weighted by Gasteiger charge is 2.30. The molecule has 1 aliphatic heterocycles. The molecule has 0 amide bonds. The molecule has 16 heavy (non-hydrogen) atoms. The standard InChI is InChI=1S/C9H20NO.C2HN3/c1-3-6-10(9-11-2)7-4-5-8-10;3-1-5-2-4/h3-9H2,1-2H3;5H/q+1;. The van der Waals surface area contributed by atoms with Crippen LogP contribution >= 0.6 is 0 Å². The molecule has 1 rings (SSSR count). The van der Waals surface area contributed by atoms with E-state index in [1.54, 1.807) is 5.32 Å². The molecule has 0 aromatic heterocycles. The Morgan fingerprint density at radius 2 is 1.81 bits per heavy atom. The van der Waals surface area contributed by atoms with Crippen molar-refractivity contribution in [3.8, 4) is 12.4 Å². The number of likely N-dealkylation sites (tertiary alicyclic amines) is 1. The second-order valence-electron chi connectivity index (χ2n) is 3.99. The van der Waals surface area contributed by atoms with E-state index in [1.807, 2.05) is 7.11 Å². The van der Waals surface area contributed by atoms with Crippen LogP contribution in [0.25, 0.3) is 0 Å². The number of quaternary nitrogens is 1. The summed E-state index contributed by atoms with van der Waals surface area (Å²) in [5, 5.41) is 16.7. The predicted molar refractivity (Wildman–Crippen MR) is 60.6 cm³/mol. The van der Waals surface area contributed by atoms with Gasteiger partial charge in [-0.05, 0) is 6.42 Å². The molecule has 1 N–H and O–H groups in total. The van der Waals surface area contributed by atoms with Crippen molar-refractivity contribution in [2.24, 2.45) is 0 Å². The first kappa shape index (κ1) is 14.7. The molecular weight excluding hydrogens is 204 g/mol. The predicted octanol–water partition coefficient (Wildman–Crippen LogP) is 1.15. The van der Waals surface area contributed by atoms with Crippen LogP contribution in [0.2, 0.25) is 0 Å². The van der Waals surface area contributed by atoms with Crippen LogP contribution in [-0.2, 0) is 4.74 Å². The van der Waals surface area contributed by atoms with Crippen LogP contribution in [0, 0.1) is 22.9 Å². The number of rotatable bonds is 4. The molecule has 90 valence electrons. The van der Waals surface area contributed by atoms with Gasteiger partial charge in [-0.25, -0.2) is 5.32 Å². The molecule has 0 aromatic carbocycles. The normalized spacial score (nSPS) is 16.5. The lowest BCUT2D eigenvalue weighted by atomic mass is 10.4. The summed E-state index contributed by atoms with van der Waals surface area (Å²) in [5.74, 6) is 0. The summed E-state index contributed by atoms with van der Waals surface area (Å²) >= 11 is 0. The molecule has 0 radical (unpaired) electrons. The quantitative estimate of drug-likeness (QED) is 0.442. The zero-order valence-corrected chi connectivity index (χ0v) is 10.2. The van der Waals surface area contributed by atoms with E-state index in [2.05, 4.69) is 6.92 Å². The number of ether oxygens (including phenoxy) is 1. The topological polar surface area (TPSA) is 68.8 Å². The van der Waals surface area contributed by atoms with E-state index in [1.165, 1.54) is 55.8 Å². The minimum absolute atomic E-state index is 0.924. The fraction of sp³-hybridized carbons (Fsp3) is 0.818. The average Bonchev–Trinajstić information content (AvgIpc) is 2.70. The summed E-state index contributed by atoms with van der Waals surface area (Å²) in [6, 6.07) is 0. The molecule has 0 spiro atoms. The Labute approximate surface area is 97.8 Å². The van der Waals surface area contributed by atoms with Gasteiger partial charge in [-0.1, -0.05) is 6.92 Å². The van der Waals surface area contributed by atoms with Crippen LogP contribution in [0.4, 0.5) is 0 Å². The molecule has 0 atom stereocenters. The van der Waals surface area contributed by atoms with Crippen molar-refractivity contribution in [3.05, 3.63) is 0 Å². The zero-order valence-electron chi connectivity index (χ0n) is 10.2. The van der Waals surface area contributed by atoms with Crippen LogP contribution in [0.3, 0.4) is 0 Å². The van der Waals surface area contributed by atoms with E-state index in [9.17, 15) is 0 Å². The maximum absolute atomic E-state index is 7.48. The summed E-state index contributed by atoms with van der Waals surface area (Å²) < 4.78 is 6.47. The summed E-state index contributed by atoms with van der Waals surface area (Å²) in [6.45, 7) is 7.15. The average molecular weight is 225 g/mol. The molecule has 0 unspecified atom stereocenters. The zero-order chi connectivity index (χ0) is 12.3. The van der Waals surface area contributed by atoms with Crippen molar-refractivity contribution in [1.82, 2.24) is 5.32 Å². The van der Waals surface area contributed by atoms with Gasteiger partial charge in [-0.15, -0.1) is 0 Å². The second kappa shape index (κ2) is 8.96. The van der Waals surface area contributed by atoms with Gasteiger partial charge in [-0.2, -0.15) is 10.5 Å². The molecular formula is C11H21N4O+. The van der Waals surface area contributed by atoms with Gasteiger partial charge in [0.25, 0.3) is 0 Å². The number of nitriles is 2. The maximum Gasteiger partial charge on any atom is 0.190 e. The van der Waals surface area contributed by atoms with Gasteiger partial charge < -0.3 is 9.22 Å². The third kappa shape index (κ3) is 5.55. The van der Waals surface area contributed by atoms with E-state index >= 15 is 0 Å². The van der Waals surface area contributed by atoms with E-state index in [4.69, 9.17) is 15.3 Å². The molecule has 1 saturated heterocycles. The molecule has 1 aliphatic rings. The van der Waals surface area contributed by atoms with Gasteiger partial charge in [0.2, 0.25) is 0 Å². The molecule has 0 aliphatic carbocycles. The largest absolute Gasteiger partial charge is 0.335 e. The lowest BCUT2D eigenvalue weighted by Crippen LogP contribution is -2.47. The van der Waals surface area contributed by atoms with Crippen LogP contribution < -0.4 is 5.32 Å². The van der Waals surface area contributed by atoms with Crippen LogP contribution in [0.1, 0.15) is 26.2 Å². The first-order valence-corrected chi connectivity index (χ1v) is 5.62. The first-order chi connectivity index (χ1) is 7.74. The Bertz CT molecular complexity index is 228. The van der Waals surface area contributed by atoms with Crippen LogP contribution in [0.5, 0.6) is 0 Å². The second-order valence-corrected chi connectivity index (χ2v) is 3.99. The first-order valence-electron chi connectivity index (χ1n) is 5.62. The Balaban J connectivity index is 0.000000385. The van der Waals surface area contributed by atoms with Crippen molar-refractivity contribution in [2.75, 3.05) is 33.5 Å². The van der Waals surface area contributed by atoms with Crippen molar-refractivity contribution in [3.63, 3.8) is 0 Å². The lowest BCUT2D eigenvalue weighted by Gasteiger charge is -2.32. The highest BCUT2D eigenvalue weighted by Crippen LogP contribution is 2.19. The SMILES string of the molecule is CCC[N+]1(COC)CCCC1.N#CNC#N. The molecule has 5 heteroatoms. The van der Waals surface area contributed by atoms with E-state index < -0.39 is 0 Å². The van der Waals surface area contributed by atoms with E-state index in [-0.39, 0.29) is 0 Å². The van der Waals surface area contributed by atoms with Gasteiger partial charge in [0.15, 0.2) is 19.1 Å². The molecule has 5 nitrogen and oxygen atoms in total.